The molecule has 3 aromatic rings. The normalized spacial score (nSPS) is 15.8. The topological polar surface area (TPSA) is 65.5 Å². The third-order valence-electron chi connectivity index (χ3n) is 5.72. The summed E-state index contributed by atoms with van der Waals surface area (Å²) in [5.41, 5.74) is 0.971. The van der Waals surface area contributed by atoms with E-state index in [-0.39, 0.29) is 17.4 Å². The molecule has 2 heterocycles. The fourth-order valence-corrected chi connectivity index (χ4v) is 4.89. The van der Waals surface area contributed by atoms with E-state index in [0.29, 0.717) is 13.1 Å². The molecule has 0 aliphatic carbocycles. The van der Waals surface area contributed by atoms with E-state index < -0.39 is 17.8 Å². The molecule has 0 radical (unpaired) electrons. The summed E-state index contributed by atoms with van der Waals surface area (Å²) in [5.74, 6) is -1.39. The van der Waals surface area contributed by atoms with Crippen LogP contribution in [-0.2, 0) is 11.3 Å². The fraction of sp³-hybridized carbons (Fsp3) is 0.375. The van der Waals surface area contributed by atoms with E-state index in [4.69, 9.17) is 4.98 Å². The predicted octanol–water partition coefficient (Wildman–Crippen LogP) is 3.53. The van der Waals surface area contributed by atoms with Crippen LogP contribution in [-0.4, -0.2) is 58.8 Å². The lowest BCUT2D eigenvalue weighted by molar-refractivity contribution is -0.136. The molecule has 6 nitrogen and oxygen atoms in total. The van der Waals surface area contributed by atoms with Crippen LogP contribution in [0.15, 0.2) is 48.5 Å². The lowest BCUT2D eigenvalue weighted by atomic mass is 10.0. The number of para-hydroxylation sites is 1. The Morgan fingerprint density at radius 1 is 1.06 bits per heavy atom. The summed E-state index contributed by atoms with van der Waals surface area (Å²) >= 11 is 1.70. The minimum absolute atomic E-state index is 0.0494. The molecule has 168 valence electrons. The van der Waals surface area contributed by atoms with Gasteiger partial charge in [0.2, 0.25) is 5.91 Å². The van der Waals surface area contributed by atoms with Gasteiger partial charge < -0.3 is 10.2 Å². The van der Waals surface area contributed by atoms with Crippen molar-refractivity contribution in [3.8, 4) is 0 Å². The first-order valence-electron chi connectivity index (χ1n) is 10.8. The quantitative estimate of drug-likeness (QED) is 0.619. The smallest absolute Gasteiger partial charge is 0.254 e. The third kappa shape index (κ3) is 4.97. The van der Waals surface area contributed by atoms with Crippen molar-refractivity contribution in [2.45, 2.75) is 26.4 Å². The third-order valence-corrected chi connectivity index (χ3v) is 6.74. The Kier molecular flexibility index (Phi) is 6.81. The fourth-order valence-electron chi connectivity index (χ4n) is 3.88. The summed E-state index contributed by atoms with van der Waals surface area (Å²) in [5, 5.41) is 3.82. The van der Waals surface area contributed by atoms with Crippen LogP contribution in [0.25, 0.3) is 10.2 Å². The first kappa shape index (κ1) is 22.4. The Hall–Kier alpha value is -2.84. The van der Waals surface area contributed by atoms with Crippen LogP contribution in [0.5, 0.6) is 0 Å². The number of fused-ring (bicyclic) bond motifs is 1. The zero-order chi connectivity index (χ0) is 22.7. The van der Waals surface area contributed by atoms with E-state index in [2.05, 4.69) is 16.3 Å². The van der Waals surface area contributed by atoms with E-state index >= 15 is 0 Å². The van der Waals surface area contributed by atoms with Gasteiger partial charge in [-0.3, -0.25) is 14.5 Å². The second-order valence-corrected chi connectivity index (χ2v) is 9.47. The molecule has 1 saturated heterocycles. The number of aromatic nitrogens is 1. The van der Waals surface area contributed by atoms with Crippen LogP contribution in [0.3, 0.4) is 0 Å². The molecule has 0 spiro atoms. The Labute approximate surface area is 191 Å². The summed E-state index contributed by atoms with van der Waals surface area (Å²) in [6.45, 7) is 7.19. The largest absolute Gasteiger partial charge is 0.340 e. The van der Waals surface area contributed by atoms with Gasteiger partial charge in [0.1, 0.15) is 16.9 Å². The maximum atomic E-state index is 14.0. The number of piperazine rings is 1. The maximum absolute atomic E-state index is 14.0. The standard InChI is InChI=1S/C24H27FN4O2S/c1-16(2)22(27-23(30)17-7-3-4-8-18(17)25)24(31)29-13-11-28(12-14-29)15-21-26-19-9-5-6-10-20(19)32-21/h3-10,16,22H,11-15H2,1-2H3,(H,27,30)/t22-/m1/s1. The van der Waals surface area contributed by atoms with E-state index in [9.17, 15) is 14.0 Å². The lowest BCUT2D eigenvalue weighted by Crippen LogP contribution is -2.56. The molecule has 2 amide bonds. The van der Waals surface area contributed by atoms with E-state index in [1.54, 1.807) is 22.3 Å². The molecule has 1 N–H and O–H groups in total. The number of amides is 2. The molecule has 0 bridgehead atoms. The zero-order valence-corrected chi connectivity index (χ0v) is 19.1. The molecule has 0 saturated carbocycles. The van der Waals surface area contributed by atoms with Gasteiger partial charge in [0.05, 0.1) is 22.3 Å². The molecule has 1 aromatic heterocycles. The SMILES string of the molecule is CC(C)[C@@H](NC(=O)c1ccccc1F)C(=O)N1CCN(Cc2nc3ccccc3s2)CC1. The average molecular weight is 455 g/mol. The highest BCUT2D eigenvalue weighted by Crippen LogP contribution is 2.23. The minimum Gasteiger partial charge on any atom is -0.340 e. The summed E-state index contributed by atoms with van der Waals surface area (Å²) < 4.78 is 15.2. The molecule has 2 aromatic carbocycles. The summed E-state index contributed by atoms with van der Waals surface area (Å²) in [4.78, 5) is 34.5. The van der Waals surface area contributed by atoms with Gasteiger partial charge in [-0.15, -0.1) is 11.3 Å². The van der Waals surface area contributed by atoms with Crippen molar-refractivity contribution in [2.24, 2.45) is 5.92 Å². The van der Waals surface area contributed by atoms with Crippen molar-refractivity contribution in [3.63, 3.8) is 0 Å². The lowest BCUT2D eigenvalue weighted by Gasteiger charge is -2.37. The van der Waals surface area contributed by atoms with E-state index in [1.807, 2.05) is 32.0 Å². The Balaban J connectivity index is 1.35. The molecule has 1 aliphatic heterocycles. The molecule has 1 atom stereocenters. The van der Waals surface area contributed by atoms with Crippen LogP contribution in [0.1, 0.15) is 29.2 Å². The van der Waals surface area contributed by atoms with Crippen LogP contribution in [0, 0.1) is 11.7 Å². The highest BCUT2D eigenvalue weighted by molar-refractivity contribution is 7.18. The summed E-state index contributed by atoms with van der Waals surface area (Å²) in [6.07, 6.45) is 0. The summed E-state index contributed by atoms with van der Waals surface area (Å²) in [7, 11) is 0. The molecule has 4 rings (SSSR count). The number of thiazole rings is 1. The number of nitrogens with zero attached hydrogens (tertiary/aromatic N) is 3. The van der Waals surface area contributed by atoms with Gasteiger partial charge in [0.15, 0.2) is 0 Å². The molecule has 1 fully saturated rings. The second-order valence-electron chi connectivity index (χ2n) is 8.35. The number of nitrogens with one attached hydrogen (secondary N) is 1. The van der Waals surface area contributed by atoms with Crippen molar-refractivity contribution in [2.75, 3.05) is 26.2 Å². The van der Waals surface area contributed by atoms with E-state index in [1.165, 1.54) is 22.9 Å². The van der Waals surface area contributed by atoms with E-state index in [0.717, 1.165) is 30.2 Å². The molecule has 1 aliphatic rings. The van der Waals surface area contributed by atoms with Crippen molar-refractivity contribution < 1.29 is 14.0 Å². The molecular weight excluding hydrogens is 427 g/mol. The van der Waals surface area contributed by atoms with Gasteiger partial charge in [-0.2, -0.15) is 0 Å². The maximum Gasteiger partial charge on any atom is 0.254 e. The van der Waals surface area contributed by atoms with Crippen LogP contribution >= 0.6 is 11.3 Å². The van der Waals surface area contributed by atoms with Crippen molar-refractivity contribution >= 4 is 33.4 Å². The number of rotatable bonds is 6. The second kappa shape index (κ2) is 9.75. The van der Waals surface area contributed by atoms with Crippen molar-refractivity contribution in [1.82, 2.24) is 20.1 Å². The van der Waals surface area contributed by atoms with Gasteiger partial charge in [0, 0.05) is 26.2 Å². The number of carbonyl (C=O) groups is 2. The number of benzene rings is 2. The first-order valence-corrected chi connectivity index (χ1v) is 11.6. The zero-order valence-electron chi connectivity index (χ0n) is 18.3. The number of hydrogen-bond acceptors (Lipinski definition) is 5. The first-order chi connectivity index (χ1) is 15.4. The van der Waals surface area contributed by atoms with Crippen LogP contribution in [0.4, 0.5) is 4.39 Å². The van der Waals surface area contributed by atoms with Crippen LogP contribution in [0.2, 0.25) is 0 Å². The Morgan fingerprint density at radius 2 is 1.75 bits per heavy atom. The predicted molar refractivity (Wildman–Crippen MR) is 124 cm³/mol. The Morgan fingerprint density at radius 3 is 2.44 bits per heavy atom. The molecular formula is C24H27FN4O2S. The van der Waals surface area contributed by atoms with Crippen molar-refractivity contribution in [1.29, 1.82) is 0 Å². The van der Waals surface area contributed by atoms with Gasteiger partial charge in [-0.25, -0.2) is 9.37 Å². The molecule has 0 unspecified atom stereocenters. The molecule has 8 heteroatoms. The van der Waals surface area contributed by atoms with Gasteiger partial charge in [0.25, 0.3) is 5.91 Å². The van der Waals surface area contributed by atoms with Gasteiger partial charge in [-0.1, -0.05) is 38.1 Å². The minimum atomic E-state index is -0.696. The van der Waals surface area contributed by atoms with Gasteiger partial charge >= 0.3 is 0 Å². The highest BCUT2D eigenvalue weighted by atomic mass is 32.1. The summed E-state index contributed by atoms with van der Waals surface area (Å²) in [6, 6.07) is 13.2. The molecule has 32 heavy (non-hydrogen) atoms. The van der Waals surface area contributed by atoms with Crippen LogP contribution < -0.4 is 5.32 Å². The number of carbonyl (C=O) groups excluding carboxylic acids is 2. The number of halogens is 1. The highest BCUT2D eigenvalue weighted by Gasteiger charge is 2.31. The monoisotopic (exact) mass is 454 g/mol. The Bertz CT molecular complexity index is 1080. The van der Waals surface area contributed by atoms with Gasteiger partial charge in [-0.05, 0) is 30.2 Å². The van der Waals surface area contributed by atoms with Crippen molar-refractivity contribution in [3.05, 3.63) is 64.9 Å². The average Bonchev–Trinajstić information content (AvgIpc) is 3.20. The number of hydrogen-bond donors (Lipinski definition) is 1.